The molecule has 1 saturated heterocycles. The van der Waals surface area contributed by atoms with E-state index in [-0.39, 0.29) is 0 Å². The van der Waals surface area contributed by atoms with E-state index in [1.165, 1.54) is 11.4 Å². The summed E-state index contributed by atoms with van der Waals surface area (Å²) in [6, 6.07) is 0. The second-order valence-corrected chi connectivity index (χ2v) is 4.35. The van der Waals surface area contributed by atoms with Crippen molar-refractivity contribution in [2.24, 2.45) is 0 Å². The smallest absolute Gasteiger partial charge is 0.0579 e. The SMILES string of the molecule is C=C1CCS(=C)CN1C. The second-order valence-electron chi connectivity index (χ2n) is 2.46. The van der Waals surface area contributed by atoms with Crippen LogP contribution in [0.3, 0.4) is 0 Å². The lowest BCUT2D eigenvalue weighted by atomic mass is 10.3. The van der Waals surface area contributed by atoms with E-state index in [1.807, 2.05) is 0 Å². The van der Waals surface area contributed by atoms with E-state index in [0.717, 1.165) is 12.3 Å². The van der Waals surface area contributed by atoms with E-state index in [1.54, 1.807) is 0 Å². The van der Waals surface area contributed by atoms with Gasteiger partial charge < -0.3 is 4.90 Å². The quantitative estimate of drug-likeness (QED) is 0.464. The fourth-order valence-electron chi connectivity index (χ4n) is 0.883. The van der Waals surface area contributed by atoms with Crippen molar-refractivity contribution >= 4 is 16.4 Å². The lowest BCUT2D eigenvalue weighted by Gasteiger charge is -2.28. The van der Waals surface area contributed by atoms with E-state index >= 15 is 0 Å². The molecule has 1 aliphatic rings. The first kappa shape index (κ1) is 6.87. The average Bonchev–Trinajstić information content (AvgIpc) is 1.80. The largest absolute Gasteiger partial charge is 0.370 e. The van der Waals surface area contributed by atoms with E-state index in [2.05, 4.69) is 24.4 Å². The lowest BCUT2D eigenvalue weighted by molar-refractivity contribution is 0.469. The molecule has 1 fully saturated rings. The summed E-state index contributed by atoms with van der Waals surface area (Å²) < 4.78 is 0. The molecule has 0 bridgehead atoms. The fraction of sp³-hybridized carbons (Fsp3) is 0.571. The molecule has 0 saturated carbocycles. The minimum absolute atomic E-state index is 0.374. The third kappa shape index (κ3) is 1.58. The van der Waals surface area contributed by atoms with E-state index in [4.69, 9.17) is 0 Å². The molecule has 0 aromatic rings. The van der Waals surface area contributed by atoms with Crippen molar-refractivity contribution in [1.29, 1.82) is 0 Å². The Balaban J connectivity index is 2.54. The molecule has 0 radical (unpaired) electrons. The van der Waals surface area contributed by atoms with Crippen LogP contribution in [0.15, 0.2) is 12.3 Å². The molecule has 1 heterocycles. The van der Waals surface area contributed by atoms with E-state index in [9.17, 15) is 0 Å². The summed E-state index contributed by atoms with van der Waals surface area (Å²) >= 11 is 0. The highest BCUT2D eigenvalue weighted by Crippen LogP contribution is 2.23. The predicted octanol–water partition coefficient (Wildman–Crippen LogP) is 1.49. The molecular weight excluding hydrogens is 130 g/mol. The van der Waals surface area contributed by atoms with Crippen LogP contribution in [0, 0.1) is 0 Å². The highest BCUT2D eigenvalue weighted by molar-refractivity contribution is 8.14. The molecule has 1 aliphatic heterocycles. The maximum absolute atomic E-state index is 4.03. The third-order valence-corrected chi connectivity index (χ3v) is 3.13. The van der Waals surface area contributed by atoms with Crippen molar-refractivity contribution in [3.8, 4) is 0 Å². The minimum Gasteiger partial charge on any atom is -0.370 e. The molecule has 1 rings (SSSR count). The topological polar surface area (TPSA) is 3.24 Å². The number of rotatable bonds is 0. The number of hydrogen-bond donors (Lipinski definition) is 0. The third-order valence-electron chi connectivity index (χ3n) is 1.60. The molecule has 0 spiro atoms. The monoisotopic (exact) mass is 143 g/mol. The molecule has 0 aromatic heterocycles. The van der Waals surface area contributed by atoms with Crippen LogP contribution in [0.5, 0.6) is 0 Å². The van der Waals surface area contributed by atoms with Crippen LogP contribution in [0.4, 0.5) is 0 Å². The molecule has 1 nitrogen and oxygen atoms in total. The summed E-state index contributed by atoms with van der Waals surface area (Å²) in [6.07, 6.45) is 1.14. The Morgan fingerprint density at radius 2 is 2.33 bits per heavy atom. The zero-order chi connectivity index (χ0) is 6.85. The number of hydrogen-bond acceptors (Lipinski definition) is 1. The van der Waals surface area contributed by atoms with Crippen LogP contribution in [0.1, 0.15) is 6.42 Å². The van der Waals surface area contributed by atoms with Crippen molar-refractivity contribution in [1.82, 2.24) is 4.90 Å². The highest BCUT2D eigenvalue weighted by atomic mass is 32.2. The van der Waals surface area contributed by atoms with Gasteiger partial charge in [0.2, 0.25) is 0 Å². The Morgan fingerprint density at radius 3 is 2.78 bits per heavy atom. The first-order chi connectivity index (χ1) is 4.20. The molecule has 0 aromatic carbocycles. The molecule has 2 heteroatoms. The van der Waals surface area contributed by atoms with Gasteiger partial charge in [-0.3, -0.25) is 0 Å². The van der Waals surface area contributed by atoms with E-state index < -0.39 is 0 Å². The summed E-state index contributed by atoms with van der Waals surface area (Å²) in [6.45, 7) is 3.93. The van der Waals surface area contributed by atoms with Gasteiger partial charge in [-0.25, -0.2) is 0 Å². The Hall–Kier alpha value is -0.240. The summed E-state index contributed by atoms with van der Waals surface area (Å²) in [5, 5.41) is 0. The van der Waals surface area contributed by atoms with Crippen LogP contribution >= 0.6 is 10.5 Å². The Kier molecular flexibility index (Phi) is 1.96. The van der Waals surface area contributed by atoms with Crippen LogP contribution in [0.25, 0.3) is 0 Å². The highest BCUT2D eigenvalue weighted by Gasteiger charge is 2.09. The molecule has 1 atom stereocenters. The molecular formula is C7H13NS. The van der Waals surface area contributed by atoms with Crippen LogP contribution in [-0.2, 0) is 0 Å². The average molecular weight is 143 g/mol. The Labute approximate surface area is 59.3 Å². The summed E-state index contributed by atoms with van der Waals surface area (Å²) in [5.41, 5.74) is 1.27. The normalized spacial score (nSPS) is 28.8. The standard InChI is InChI=1S/C7H13NS/c1-7-4-5-9(3)6-8(7)2/h1,3-6H2,2H3. The Morgan fingerprint density at radius 1 is 1.67 bits per heavy atom. The van der Waals surface area contributed by atoms with E-state index in [0.29, 0.717) is 10.5 Å². The number of nitrogens with zero attached hydrogens (tertiary/aromatic N) is 1. The molecule has 1 unspecified atom stereocenters. The van der Waals surface area contributed by atoms with Crippen molar-refractivity contribution < 1.29 is 0 Å². The predicted molar refractivity (Wildman–Crippen MR) is 46.0 cm³/mol. The maximum atomic E-state index is 4.03. The molecule has 9 heavy (non-hydrogen) atoms. The van der Waals surface area contributed by atoms with Gasteiger partial charge in [-0.15, -0.1) is 0 Å². The lowest BCUT2D eigenvalue weighted by Crippen LogP contribution is -2.22. The summed E-state index contributed by atoms with van der Waals surface area (Å²) in [4.78, 5) is 2.21. The van der Waals surface area contributed by atoms with Gasteiger partial charge in [0, 0.05) is 12.7 Å². The zero-order valence-electron chi connectivity index (χ0n) is 5.89. The van der Waals surface area contributed by atoms with Crippen molar-refractivity contribution in [3.63, 3.8) is 0 Å². The molecule has 0 aliphatic carbocycles. The van der Waals surface area contributed by atoms with Crippen LogP contribution in [0.2, 0.25) is 0 Å². The van der Waals surface area contributed by atoms with Crippen molar-refractivity contribution in [2.75, 3.05) is 18.7 Å². The van der Waals surface area contributed by atoms with Gasteiger partial charge in [0.05, 0.1) is 5.88 Å². The van der Waals surface area contributed by atoms with Gasteiger partial charge >= 0.3 is 0 Å². The second kappa shape index (κ2) is 2.56. The first-order valence-electron chi connectivity index (χ1n) is 3.06. The summed E-state index contributed by atoms with van der Waals surface area (Å²) in [5.74, 6) is 6.38. The van der Waals surface area contributed by atoms with Gasteiger partial charge in [0.15, 0.2) is 0 Å². The fourth-order valence-corrected chi connectivity index (χ4v) is 2.27. The van der Waals surface area contributed by atoms with Crippen LogP contribution < -0.4 is 0 Å². The van der Waals surface area contributed by atoms with Crippen molar-refractivity contribution in [2.45, 2.75) is 6.42 Å². The molecule has 0 amide bonds. The molecule has 0 N–H and O–H groups in total. The number of allylic oxidation sites excluding steroid dienone is 1. The molecule has 52 valence electrons. The maximum Gasteiger partial charge on any atom is 0.0579 e. The van der Waals surface area contributed by atoms with Gasteiger partial charge in [-0.2, -0.15) is 10.5 Å². The minimum atomic E-state index is 0.374. The van der Waals surface area contributed by atoms with Crippen LogP contribution in [-0.4, -0.2) is 29.4 Å². The zero-order valence-corrected chi connectivity index (χ0v) is 6.71. The van der Waals surface area contributed by atoms with Crippen molar-refractivity contribution in [3.05, 3.63) is 12.3 Å². The van der Waals surface area contributed by atoms with Gasteiger partial charge in [0.1, 0.15) is 0 Å². The summed E-state index contributed by atoms with van der Waals surface area (Å²) in [7, 11) is 2.46. The van der Waals surface area contributed by atoms with Gasteiger partial charge in [-0.05, 0) is 12.2 Å². The van der Waals surface area contributed by atoms with Gasteiger partial charge in [0.25, 0.3) is 0 Å². The first-order valence-corrected chi connectivity index (χ1v) is 4.79. The van der Waals surface area contributed by atoms with Gasteiger partial charge in [-0.1, -0.05) is 12.4 Å². The Bertz CT molecular complexity index is 151.